The molecule has 0 spiro atoms. The van der Waals surface area contributed by atoms with E-state index in [1.54, 1.807) is 0 Å². The van der Waals surface area contributed by atoms with Gasteiger partial charge in [0.25, 0.3) is 0 Å². The minimum absolute atomic E-state index is 0. The molecule has 24 heavy (non-hydrogen) atoms. The first-order valence-corrected chi connectivity index (χ1v) is 8.41. The van der Waals surface area contributed by atoms with Gasteiger partial charge < -0.3 is 4.57 Å². The van der Waals surface area contributed by atoms with E-state index < -0.39 is 0 Å². The number of aromatic nitrogens is 1. The second-order valence-electron chi connectivity index (χ2n) is 5.33. The summed E-state index contributed by atoms with van der Waals surface area (Å²) in [7, 11) is 0. The van der Waals surface area contributed by atoms with Gasteiger partial charge in [-0.1, -0.05) is 18.6 Å². The number of hydrogen-bond donors (Lipinski definition) is 0. The molecule has 4 rings (SSSR count). The van der Waals surface area contributed by atoms with E-state index in [0.717, 1.165) is 6.42 Å². The van der Waals surface area contributed by atoms with Crippen LogP contribution in [0.3, 0.4) is 0 Å². The van der Waals surface area contributed by atoms with Crippen LogP contribution in [-0.4, -0.2) is 11.0 Å². The topological polar surface area (TPSA) is 4.93 Å². The summed E-state index contributed by atoms with van der Waals surface area (Å²) in [6.45, 7) is 4.34. The average Bonchev–Trinajstić information content (AvgIpc) is 3.35. The fourth-order valence-electron chi connectivity index (χ4n) is 2.57. The molecule has 0 radical (unpaired) electrons. The van der Waals surface area contributed by atoms with Gasteiger partial charge in [-0.15, -0.1) is 52.6 Å². The number of benzene rings is 1. The Labute approximate surface area is 169 Å². The number of halogens is 1. The first-order valence-electron chi connectivity index (χ1n) is 7.65. The van der Waals surface area contributed by atoms with Gasteiger partial charge in [0.1, 0.15) is 0 Å². The van der Waals surface area contributed by atoms with Crippen LogP contribution in [-0.2, 0) is 26.2 Å². The van der Waals surface area contributed by atoms with Crippen LogP contribution in [0.25, 0.3) is 16.5 Å². The largest absolute Gasteiger partial charge is 2.00 e. The van der Waals surface area contributed by atoms with Crippen molar-refractivity contribution in [3.63, 3.8) is 0 Å². The smallest absolute Gasteiger partial charge is 0.342 e. The molecule has 1 aromatic heterocycles. The quantitative estimate of drug-likeness (QED) is 0.333. The third-order valence-electron chi connectivity index (χ3n) is 3.80. The van der Waals surface area contributed by atoms with Gasteiger partial charge in [-0.2, -0.15) is 6.08 Å². The molecule has 0 amide bonds. The maximum Gasteiger partial charge on any atom is 2.00 e. The minimum Gasteiger partial charge on any atom is -0.342 e. The molecule has 1 heterocycles. The average molecular weight is 415 g/mol. The van der Waals surface area contributed by atoms with Crippen molar-refractivity contribution in [3.8, 4) is 5.69 Å². The Morgan fingerprint density at radius 2 is 1.75 bits per heavy atom. The van der Waals surface area contributed by atoms with Crippen molar-refractivity contribution < 1.29 is 26.2 Å². The normalized spacial score (nSPS) is 11.3. The van der Waals surface area contributed by atoms with Crippen molar-refractivity contribution in [2.75, 3.05) is 6.38 Å². The summed E-state index contributed by atoms with van der Waals surface area (Å²) in [5, 5.41) is 2.73. The summed E-state index contributed by atoms with van der Waals surface area (Å²) in [4.78, 5) is 0. The fourth-order valence-corrected chi connectivity index (χ4v) is 2.57. The zero-order valence-corrected chi connectivity index (χ0v) is 17.6. The van der Waals surface area contributed by atoms with E-state index in [4.69, 9.17) is 0 Å². The molecule has 3 heteroatoms. The van der Waals surface area contributed by atoms with Gasteiger partial charge in [-0.25, -0.2) is 12.2 Å². The molecule has 0 saturated heterocycles. The SMILES string of the molecule is CCl.Cc1ccc(C)c2[cH-]c(-n3cccc3)cc12.[C-]1=CC=CC1.[Zr+2]. The molecule has 3 aromatic rings. The predicted molar refractivity (Wildman–Crippen MR) is 102 cm³/mol. The summed E-state index contributed by atoms with van der Waals surface area (Å²) in [5.74, 6) is 0. The Balaban J connectivity index is 0.000000307. The van der Waals surface area contributed by atoms with E-state index in [1.807, 2.05) is 12.2 Å². The van der Waals surface area contributed by atoms with Gasteiger partial charge in [0.15, 0.2) is 0 Å². The Morgan fingerprint density at radius 1 is 1.08 bits per heavy atom. The number of fused-ring (bicyclic) bond motifs is 1. The third-order valence-corrected chi connectivity index (χ3v) is 3.80. The zero-order chi connectivity index (χ0) is 16.7. The molecule has 122 valence electrons. The van der Waals surface area contributed by atoms with Crippen LogP contribution in [0.4, 0.5) is 0 Å². The van der Waals surface area contributed by atoms with Crippen LogP contribution in [0.5, 0.6) is 0 Å². The van der Waals surface area contributed by atoms with Crippen molar-refractivity contribution in [1.82, 2.24) is 4.57 Å². The first kappa shape index (κ1) is 20.8. The predicted octanol–water partition coefficient (Wildman–Crippen LogP) is 6.12. The monoisotopic (exact) mass is 413 g/mol. The van der Waals surface area contributed by atoms with Crippen molar-refractivity contribution in [2.24, 2.45) is 0 Å². The van der Waals surface area contributed by atoms with Crippen LogP contribution < -0.4 is 0 Å². The van der Waals surface area contributed by atoms with Gasteiger partial charge in [-0.3, -0.25) is 6.08 Å². The maximum atomic E-state index is 4.64. The van der Waals surface area contributed by atoms with Crippen LogP contribution in [0.2, 0.25) is 0 Å². The number of rotatable bonds is 1. The van der Waals surface area contributed by atoms with E-state index in [1.165, 1.54) is 34.0 Å². The Kier molecular flexibility index (Phi) is 9.18. The Morgan fingerprint density at radius 3 is 2.25 bits per heavy atom. The molecular formula is C21H22ClNZr. The molecule has 0 N–H and O–H groups in total. The summed E-state index contributed by atoms with van der Waals surface area (Å²) in [6, 6.07) is 13.0. The van der Waals surface area contributed by atoms with Crippen molar-refractivity contribution in [3.05, 3.63) is 84.2 Å². The molecule has 1 nitrogen and oxygen atoms in total. The molecule has 0 saturated carbocycles. The van der Waals surface area contributed by atoms with Crippen LogP contribution >= 0.6 is 11.6 Å². The molecule has 0 atom stereocenters. The van der Waals surface area contributed by atoms with Gasteiger partial charge in [0.05, 0.1) is 0 Å². The van der Waals surface area contributed by atoms with Crippen molar-refractivity contribution in [2.45, 2.75) is 20.3 Å². The molecule has 2 aromatic carbocycles. The molecule has 0 unspecified atom stereocenters. The van der Waals surface area contributed by atoms with Gasteiger partial charge in [0.2, 0.25) is 0 Å². The van der Waals surface area contributed by atoms with Crippen LogP contribution in [0.1, 0.15) is 17.5 Å². The van der Waals surface area contributed by atoms with E-state index in [2.05, 4.69) is 91.0 Å². The summed E-state index contributed by atoms with van der Waals surface area (Å²) in [6.07, 6.45) is 15.6. The summed E-state index contributed by atoms with van der Waals surface area (Å²) >= 11 is 4.64. The maximum absolute atomic E-state index is 4.64. The molecule has 0 aliphatic heterocycles. The van der Waals surface area contributed by atoms with E-state index >= 15 is 0 Å². The number of allylic oxidation sites excluding steroid dienone is 4. The number of aryl methyl sites for hydroxylation is 2. The Bertz CT molecular complexity index is 746. The van der Waals surface area contributed by atoms with Crippen molar-refractivity contribution in [1.29, 1.82) is 0 Å². The van der Waals surface area contributed by atoms with Gasteiger partial charge in [-0.05, 0) is 24.7 Å². The first-order chi connectivity index (χ1) is 11.3. The molecule has 0 bridgehead atoms. The fraction of sp³-hybridized carbons (Fsp3) is 0.190. The summed E-state index contributed by atoms with van der Waals surface area (Å²) < 4.78 is 2.15. The number of nitrogens with zero attached hydrogens (tertiary/aromatic N) is 1. The van der Waals surface area contributed by atoms with Crippen LogP contribution in [0.15, 0.2) is 67.0 Å². The molecule has 1 aliphatic rings. The molecule has 1 aliphatic carbocycles. The van der Waals surface area contributed by atoms with Crippen LogP contribution in [0, 0.1) is 19.9 Å². The van der Waals surface area contributed by atoms with E-state index in [-0.39, 0.29) is 26.2 Å². The Hall–Kier alpha value is -1.24. The minimum atomic E-state index is 0. The number of hydrogen-bond acceptors (Lipinski definition) is 0. The van der Waals surface area contributed by atoms with Crippen molar-refractivity contribution >= 4 is 22.4 Å². The van der Waals surface area contributed by atoms with E-state index in [9.17, 15) is 0 Å². The number of alkyl halides is 1. The molecular weight excluding hydrogens is 393 g/mol. The zero-order valence-electron chi connectivity index (χ0n) is 14.4. The molecule has 0 fully saturated rings. The second-order valence-corrected chi connectivity index (χ2v) is 5.33. The summed E-state index contributed by atoms with van der Waals surface area (Å²) in [5.41, 5.74) is 3.94. The van der Waals surface area contributed by atoms with Gasteiger partial charge >= 0.3 is 26.2 Å². The third kappa shape index (κ3) is 5.13. The van der Waals surface area contributed by atoms with Gasteiger partial charge in [0, 0.05) is 18.8 Å². The second kappa shape index (κ2) is 10.6. The van der Waals surface area contributed by atoms with E-state index in [0.29, 0.717) is 0 Å². The standard InChI is InChI=1S/C15H14N.C5H5.CH3Cl.Zr/c1-11-5-6-12(2)15-10-13(9-14(11)15)16-7-3-4-8-16;1-2-4-5-3-1;1-2;/h3-10H,1-2H3;1-3H,4H2;1H3;/q2*-1;;+2.